The number of rotatable bonds is 3. The highest BCUT2D eigenvalue weighted by molar-refractivity contribution is 6.07. The number of aliphatic carboxylic acids is 1. The second kappa shape index (κ2) is 5.63. The van der Waals surface area contributed by atoms with Crippen LogP contribution in [0.2, 0.25) is 0 Å². The molecule has 0 spiro atoms. The molecule has 0 fully saturated rings. The van der Waals surface area contributed by atoms with Crippen molar-refractivity contribution < 1.29 is 14.7 Å². The molecule has 1 unspecified atom stereocenters. The average Bonchev–Trinajstić information content (AvgIpc) is 3.02. The van der Waals surface area contributed by atoms with E-state index in [0.29, 0.717) is 36.3 Å². The molecule has 3 rings (SSSR count). The lowest BCUT2D eigenvalue weighted by Gasteiger charge is -2.32. The normalized spacial score (nSPS) is 17.1. The Morgan fingerprint density at radius 2 is 2.14 bits per heavy atom. The molecule has 0 aliphatic carbocycles. The Balaban J connectivity index is 1.96. The predicted molar refractivity (Wildman–Crippen MR) is 81.0 cm³/mol. The third-order valence-corrected chi connectivity index (χ3v) is 3.99. The van der Waals surface area contributed by atoms with E-state index in [1.165, 1.54) is 0 Å². The van der Waals surface area contributed by atoms with Crippen LogP contribution < -0.4 is 4.90 Å². The molecule has 0 bridgehead atoms. The van der Waals surface area contributed by atoms with E-state index in [2.05, 4.69) is 5.10 Å². The van der Waals surface area contributed by atoms with Crippen LogP contribution in [0.25, 0.3) is 0 Å². The third-order valence-electron chi connectivity index (χ3n) is 3.99. The molecule has 0 saturated heterocycles. The lowest BCUT2D eigenvalue weighted by molar-refractivity contribution is -0.139. The predicted octanol–water partition coefficient (Wildman–Crippen LogP) is 2.12. The van der Waals surface area contributed by atoms with Gasteiger partial charge in [-0.15, -0.1) is 0 Å². The summed E-state index contributed by atoms with van der Waals surface area (Å²) in [6.07, 6.45) is 3.69. The molecule has 1 N–H and O–H groups in total. The van der Waals surface area contributed by atoms with Crippen molar-refractivity contribution in [3.8, 4) is 0 Å². The SMILES string of the molecule is CCn1cc(C(=O)N2CCC(C(=O)O)c3ccccc32)cn1. The van der Waals surface area contributed by atoms with E-state index >= 15 is 0 Å². The largest absolute Gasteiger partial charge is 0.481 e. The molecule has 1 amide bonds. The second-order valence-corrected chi connectivity index (χ2v) is 5.28. The van der Waals surface area contributed by atoms with E-state index in [4.69, 9.17) is 0 Å². The maximum absolute atomic E-state index is 12.7. The smallest absolute Gasteiger partial charge is 0.311 e. The molecule has 1 aromatic heterocycles. The van der Waals surface area contributed by atoms with Gasteiger partial charge in [0.25, 0.3) is 5.91 Å². The summed E-state index contributed by atoms with van der Waals surface area (Å²) in [5.41, 5.74) is 1.89. The molecular weight excluding hydrogens is 282 g/mol. The lowest BCUT2D eigenvalue weighted by atomic mass is 9.90. The Morgan fingerprint density at radius 3 is 2.82 bits per heavy atom. The number of amides is 1. The van der Waals surface area contributed by atoms with Gasteiger partial charge in [0.2, 0.25) is 0 Å². The molecule has 1 aliphatic heterocycles. The molecule has 1 aromatic carbocycles. The van der Waals surface area contributed by atoms with Gasteiger partial charge in [0, 0.05) is 25.0 Å². The summed E-state index contributed by atoms with van der Waals surface area (Å²) in [6, 6.07) is 7.20. The fourth-order valence-corrected chi connectivity index (χ4v) is 2.83. The van der Waals surface area contributed by atoms with Crippen LogP contribution >= 0.6 is 0 Å². The van der Waals surface area contributed by atoms with Crippen LogP contribution in [0.15, 0.2) is 36.7 Å². The third kappa shape index (κ3) is 2.36. The molecule has 2 heterocycles. The van der Waals surface area contributed by atoms with Crippen molar-refractivity contribution >= 4 is 17.6 Å². The Hall–Kier alpha value is -2.63. The molecule has 6 heteroatoms. The Labute approximate surface area is 128 Å². The standard InChI is InChI=1S/C16H17N3O3/c1-2-18-10-11(9-17-18)15(20)19-8-7-13(16(21)22)12-5-3-4-6-14(12)19/h3-6,9-10,13H,2,7-8H2,1H3,(H,21,22). The molecule has 6 nitrogen and oxygen atoms in total. The van der Waals surface area contributed by atoms with Crippen molar-refractivity contribution in [2.24, 2.45) is 0 Å². The van der Waals surface area contributed by atoms with Crippen LogP contribution in [0, 0.1) is 0 Å². The number of carboxylic acid groups (broad SMARTS) is 1. The number of aryl methyl sites for hydroxylation is 1. The maximum Gasteiger partial charge on any atom is 0.311 e. The minimum Gasteiger partial charge on any atom is -0.481 e. The molecule has 2 aromatic rings. The lowest BCUT2D eigenvalue weighted by Crippen LogP contribution is -2.38. The molecule has 114 valence electrons. The van der Waals surface area contributed by atoms with Crippen LogP contribution in [0.1, 0.15) is 35.2 Å². The van der Waals surface area contributed by atoms with Gasteiger partial charge in [0.05, 0.1) is 17.7 Å². The van der Waals surface area contributed by atoms with E-state index in [-0.39, 0.29) is 5.91 Å². The number of fused-ring (bicyclic) bond motifs is 1. The topological polar surface area (TPSA) is 75.4 Å². The van der Waals surface area contributed by atoms with E-state index in [1.807, 2.05) is 13.0 Å². The molecule has 0 saturated carbocycles. The van der Waals surface area contributed by atoms with Crippen molar-refractivity contribution in [3.63, 3.8) is 0 Å². The van der Waals surface area contributed by atoms with Crippen LogP contribution in [-0.4, -0.2) is 33.3 Å². The minimum absolute atomic E-state index is 0.143. The monoisotopic (exact) mass is 299 g/mol. The number of nitrogens with zero attached hydrogens (tertiary/aromatic N) is 3. The molecule has 0 radical (unpaired) electrons. The van der Waals surface area contributed by atoms with E-state index in [0.717, 1.165) is 0 Å². The highest BCUT2D eigenvalue weighted by atomic mass is 16.4. The molecule has 1 atom stereocenters. The summed E-state index contributed by atoms with van der Waals surface area (Å²) >= 11 is 0. The number of carboxylic acids is 1. The fraction of sp³-hybridized carbons (Fsp3) is 0.312. The van der Waals surface area contributed by atoms with Crippen molar-refractivity contribution in [3.05, 3.63) is 47.8 Å². The van der Waals surface area contributed by atoms with Gasteiger partial charge in [-0.25, -0.2) is 0 Å². The number of aromatic nitrogens is 2. The van der Waals surface area contributed by atoms with Gasteiger partial charge in [-0.3, -0.25) is 14.3 Å². The highest BCUT2D eigenvalue weighted by Gasteiger charge is 2.32. The number of anilines is 1. The first-order valence-corrected chi connectivity index (χ1v) is 7.28. The maximum atomic E-state index is 12.7. The van der Waals surface area contributed by atoms with Crippen LogP contribution in [0.4, 0.5) is 5.69 Å². The Bertz CT molecular complexity index is 723. The first-order chi connectivity index (χ1) is 10.6. The number of carbonyl (C=O) groups is 2. The van der Waals surface area contributed by atoms with Crippen LogP contribution in [-0.2, 0) is 11.3 Å². The van der Waals surface area contributed by atoms with Gasteiger partial charge in [0.15, 0.2) is 0 Å². The van der Waals surface area contributed by atoms with Gasteiger partial charge in [-0.1, -0.05) is 18.2 Å². The summed E-state index contributed by atoms with van der Waals surface area (Å²) in [5, 5.41) is 13.5. The summed E-state index contributed by atoms with van der Waals surface area (Å²) < 4.78 is 1.70. The quantitative estimate of drug-likeness (QED) is 0.942. The summed E-state index contributed by atoms with van der Waals surface area (Å²) in [4.78, 5) is 25.7. The zero-order valence-electron chi connectivity index (χ0n) is 12.3. The van der Waals surface area contributed by atoms with Crippen LogP contribution in [0.5, 0.6) is 0 Å². The van der Waals surface area contributed by atoms with Crippen molar-refractivity contribution in [1.29, 1.82) is 0 Å². The van der Waals surface area contributed by atoms with Gasteiger partial charge in [-0.2, -0.15) is 5.10 Å². The molecule has 1 aliphatic rings. The van der Waals surface area contributed by atoms with E-state index in [1.54, 1.807) is 40.2 Å². The van der Waals surface area contributed by atoms with E-state index in [9.17, 15) is 14.7 Å². The molecule has 22 heavy (non-hydrogen) atoms. The number of benzene rings is 1. The zero-order valence-corrected chi connectivity index (χ0v) is 12.3. The van der Waals surface area contributed by atoms with E-state index < -0.39 is 11.9 Å². The van der Waals surface area contributed by atoms with Crippen molar-refractivity contribution in [2.75, 3.05) is 11.4 Å². The fourth-order valence-electron chi connectivity index (χ4n) is 2.83. The summed E-state index contributed by atoms with van der Waals surface area (Å²) in [7, 11) is 0. The van der Waals surface area contributed by atoms with Gasteiger partial charge >= 0.3 is 5.97 Å². The number of para-hydroxylation sites is 1. The Morgan fingerprint density at radius 1 is 1.36 bits per heavy atom. The van der Waals surface area contributed by atoms with Crippen molar-refractivity contribution in [2.45, 2.75) is 25.8 Å². The first kappa shape index (κ1) is 14.3. The second-order valence-electron chi connectivity index (χ2n) is 5.28. The molecular formula is C16H17N3O3. The van der Waals surface area contributed by atoms with Gasteiger partial charge in [-0.05, 0) is 25.0 Å². The first-order valence-electron chi connectivity index (χ1n) is 7.28. The average molecular weight is 299 g/mol. The number of hydrogen-bond donors (Lipinski definition) is 1. The highest BCUT2D eigenvalue weighted by Crippen LogP contribution is 2.36. The Kier molecular flexibility index (Phi) is 3.66. The minimum atomic E-state index is -0.849. The van der Waals surface area contributed by atoms with Gasteiger partial charge < -0.3 is 10.0 Å². The number of carbonyl (C=O) groups excluding carboxylic acids is 1. The summed E-state index contributed by atoms with van der Waals surface area (Å²) in [6.45, 7) is 3.05. The van der Waals surface area contributed by atoms with Crippen molar-refractivity contribution in [1.82, 2.24) is 9.78 Å². The van der Waals surface area contributed by atoms with Crippen LogP contribution in [0.3, 0.4) is 0 Å². The number of hydrogen-bond acceptors (Lipinski definition) is 3. The zero-order chi connectivity index (χ0) is 15.7. The summed E-state index contributed by atoms with van der Waals surface area (Å²) in [5.74, 6) is -1.55. The van der Waals surface area contributed by atoms with Gasteiger partial charge in [0.1, 0.15) is 0 Å².